The lowest BCUT2D eigenvalue weighted by atomic mass is 10.0. The third kappa shape index (κ3) is 8.11. The molecule has 0 saturated carbocycles. The highest BCUT2D eigenvalue weighted by Gasteiger charge is 2.11. The van der Waals surface area contributed by atoms with Gasteiger partial charge in [-0.25, -0.2) is 4.99 Å². The van der Waals surface area contributed by atoms with Crippen LogP contribution >= 0.6 is 0 Å². The molecular weight excluding hydrogens is 372 g/mol. The van der Waals surface area contributed by atoms with Crippen molar-refractivity contribution in [3.63, 3.8) is 0 Å². The van der Waals surface area contributed by atoms with Crippen molar-refractivity contribution in [2.45, 2.75) is 47.5 Å². The Morgan fingerprint density at radius 3 is 2.63 bits per heavy atom. The van der Waals surface area contributed by atoms with Gasteiger partial charge in [-0.15, -0.1) is 0 Å². The summed E-state index contributed by atoms with van der Waals surface area (Å²) in [7, 11) is 0. The summed E-state index contributed by atoms with van der Waals surface area (Å²) in [6.07, 6.45) is 11.9. The summed E-state index contributed by atoms with van der Waals surface area (Å²) in [5.74, 6) is 0.410. The van der Waals surface area contributed by atoms with Crippen LogP contribution in [0.4, 0.5) is 5.69 Å². The van der Waals surface area contributed by atoms with Crippen LogP contribution in [-0.2, 0) is 0 Å². The molecule has 1 amide bonds. The van der Waals surface area contributed by atoms with Crippen LogP contribution in [0.15, 0.2) is 76.5 Å². The topological polar surface area (TPSA) is 93.5 Å². The molecule has 1 aliphatic rings. The van der Waals surface area contributed by atoms with Gasteiger partial charge in [0.05, 0.1) is 16.9 Å². The van der Waals surface area contributed by atoms with Gasteiger partial charge in [-0.2, -0.15) is 0 Å². The summed E-state index contributed by atoms with van der Waals surface area (Å²) < 4.78 is 0. The fourth-order valence-electron chi connectivity index (χ4n) is 2.69. The Bertz CT molecular complexity index is 858. The number of rotatable bonds is 7. The molecule has 0 fully saturated rings. The van der Waals surface area contributed by atoms with E-state index >= 15 is 0 Å². The Morgan fingerprint density at radius 2 is 1.93 bits per heavy atom. The number of amidine groups is 1. The lowest BCUT2D eigenvalue weighted by Gasteiger charge is -2.10. The van der Waals surface area contributed by atoms with Crippen LogP contribution in [0.2, 0.25) is 0 Å². The molecule has 0 unspecified atom stereocenters. The molecule has 0 aromatic heterocycles. The maximum Gasteiger partial charge on any atom is 0.253 e. The molecule has 0 spiro atoms. The monoisotopic (exact) mass is 408 g/mol. The Hall–Kier alpha value is -3.08. The lowest BCUT2D eigenvalue weighted by Crippen LogP contribution is -2.27. The SMILES string of the molecule is CC.CC1=CC=CCC=C1C/C=C(\N)C(N)=Nc1ccccc1C(=O)NCC(C)C. The quantitative estimate of drug-likeness (QED) is 0.430. The summed E-state index contributed by atoms with van der Waals surface area (Å²) in [6, 6.07) is 7.12. The molecule has 2 rings (SSSR count). The highest BCUT2D eigenvalue weighted by Crippen LogP contribution is 2.21. The minimum atomic E-state index is -0.166. The zero-order chi connectivity index (χ0) is 22.5. The third-order valence-corrected chi connectivity index (χ3v) is 4.39. The predicted molar refractivity (Wildman–Crippen MR) is 129 cm³/mol. The van der Waals surface area contributed by atoms with Crippen molar-refractivity contribution < 1.29 is 4.79 Å². The highest BCUT2D eigenvalue weighted by atomic mass is 16.1. The molecule has 162 valence electrons. The van der Waals surface area contributed by atoms with Crippen molar-refractivity contribution in [2.24, 2.45) is 22.4 Å². The molecule has 5 nitrogen and oxygen atoms in total. The van der Waals surface area contributed by atoms with E-state index in [1.165, 1.54) is 11.1 Å². The second kappa shape index (κ2) is 13.2. The first-order valence-electron chi connectivity index (χ1n) is 10.6. The molecule has 5 heteroatoms. The highest BCUT2D eigenvalue weighted by molar-refractivity contribution is 6.02. The van der Waals surface area contributed by atoms with E-state index in [-0.39, 0.29) is 11.7 Å². The summed E-state index contributed by atoms with van der Waals surface area (Å²) in [5.41, 5.74) is 16.1. The Morgan fingerprint density at radius 1 is 1.23 bits per heavy atom. The van der Waals surface area contributed by atoms with E-state index in [0.717, 1.165) is 6.42 Å². The molecular formula is C25H36N4O. The first kappa shape index (κ1) is 25.0. The standard InChI is InChI=1S/C23H30N4O.C2H6/c1-16(2)15-26-23(28)19-11-7-8-12-21(19)27-22(25)20(24)14-13-18-10-6-4-5-9-17(18)3;1-2/h4-5,7-12,14,16H,6,13,15,24H2,1-3H3,(H2,25,27)(H,26,28);1-2H3/b20-14-;. The maximum atomic E-state index is 12.4. The number of carbonyl (C=O) groups is 1. The second-order valence-corrected chi connectivity index (χ2v) is 7.22. The minimum absolute atomic E-state index is 0.166. The van der Waals surface area contributed by atoms with Gasteiger partial charge >= 0.3 is 0 Å². The van der Waals surface area contributed by atoms with Crippen LogP contribution in [0.25, 0.3) is 0 Å². The molecule has 1 aromatic rings. The Kier molecular flexibility index (Phi) is 11.0. The largest absolute Gasteiger partial charge is 0.396 e. The summed E-state index contributed by atoms with van der Waals surface area (Å²) in [6.45, 7) is 10.8. The number of hydrogen-bond donors (Lipinski definition) is 3. The zero-order valence-electron chi connectivity index (χ0n) is 18.9. The number of para-hydroxylation sites is 1. The van der Waals surface area contributed by atoms with Gasteiger partial charge in [0.2, 0.25) is 0 Å². The summed E-state index contributed by atoms with van der Waals surface area (Å²) in [5, 5.41) is 2.91. The molecule has 1 aromatic carbocycles. The van der Waals surface area contributed by atoms with Gasteiger partial charge in [-0.1, -0.05) is 70.2 Å². The predicted octanol–water partition coefficient (Wildman–Crippen LogP) is 5.15. The normalized spacial score (nSPS) is 14.3. The molecule has 0 radical (unpaired) electrons. The van der Waals surface area contributed by atoms with Crippen molar-refractivity contribution >= 4 is 17.4 Å². The molecule has 0 bridgehead atoms. The lowest BCUT2D eigenvalue weighted by molar-refractivity contribution is 0.0949. The van der Waals surface area contributed by atoms with Crippen LogP contribution in [0, 0.1) is 5.92 Å². The summed E-state index contributed by atoms with van der Waals surface area (Å²) in [4.78, 5) is 16.8. The summed E-state index contributed by atoms with van der Waals surface area (Å²) >= 11 is 0. The van der Waals surface area contributed by atoms with E-state index in [1.54, 1.807) is 18.2 Å². The maximum absolute atomic E-state index is 12.4. The molecule has 0 heterocycles. The number of carbonyl (C=O) groups excluding carboxylic acids is 1. The minimum Gasteiger partial charge on any atom is -0.396 e. The number of nitrogens with two attached hydrogens (primary N) is 2. The number of benzene rings is 1. The number of amides is 1. The first-order valence-corrected chi connectivity index (χ1v) is 10.6. The molecule has 0 saturated heterocycles. The van der Waals surface area contributed by atoms with Gasteiger partial charge in [0.15, 0.2) is 0 Å². The van der Waals surface area contributed by atoms with E-state index in [1.807, 2.05) is 39.8 Å². The third-order valence-electron chi connectivity index (χ3n) is 4.39. The van der Waals surface area contributed by atoms with Crippen LogP contribution in [-0.4, -0.2) is 18.3 Å². The first-order chi connectivity index (χ1) is 14.4. The van der Waals surface area contributed by atoms with Crippen LogP contribution in [0.5, 0.6) is 0 Å². The molecule has 1 aliphatic carbocycles. The number of nitrogens with zero attached hydrogens (tertiary/aromatic N) is 1. The van der Waals surface area contributed by atoms with Crippen molar-refractivity contribution in [1.82, 2.24) is 5.32 Å². The number of allylic oxidation sites excluding steroid dienone is 7. The smallest absolute Gasteiger partial charge is 0.253 e. The van der Waals surface area contributed by atoms with Gasteiger partial charge in [-0.3, -0.25) is 4.79 Å². The van der Waals surface area contributed by atoms with Crippen molar-refractivity contribution in [2.75, 3.05) is 6.54 Å². The van der Waals surface area contributed by atoms with E-state index in [0.29, 0.717) is 35.8 Å². The number of hydrogen-bond acceptors (Lipinski definition) is 3. The van der Waals surface area contributed by atoms with E-state index in [2.05, 4.69) is 41.5 Å². The van der Waals surface area contributed by atoms with Crippen LogP contribution < -0.4 is 16.8 Å². The Labute approximate surface area is 181 Å². The fourth-order valence-corrected chi connectivity index (χ4v) is 2.69. The molecule has 0 atom stereocenters. The van der Waals surface area contributed by atoms with Gasteiger partial charge in [0.25, 0.3) is 5.91 Å². The average molecular weight is 409 g/mol. The second-order valence-electron chi connectivity index (χ2n) is 7.22. The van der Waals surface area contributed by atoms with Crippen LogP contribution in [0.3, 0.4) is 0 Å². The van der Waals surface area contributed by atoms with Crippen molar-refractivity contribution in [3.8, 4) is 0 Å². The fraction of sp³-hybridized carbons (Fsp3) is 0.360. The van der Waals surface area contributed by atoms with Gasteiger partial charge in [0, 0.05) is 6.54 Å². The number of aliphatic imine (C=N–C) groups is 1. The van der Waals surface area contributed by atoms with E-state index < -0.39 is 0 Å². The molecule has 5 N–H and O–H groups in total. The van der Waals surface area contributed by atoms with Gasteiger partial charge in [0.1, 0.15) is 5.84 Å². The zero-order valence-corrected chi connectivity index (χ0v) is 18.9. The van der Waals surface area contributed by atoms with Crippen molar-refractivity contribution in [3.05, 3.63) is 77.1 Å². The van der Waals surface area contributed by atoms with E-state index in [9.17, 15) is 4.79 Å². The number of nitrogens with one attached hydrogen (secondary N) is 1. The molecule has 0 aliphatic heterocycles. The molecule has 30 heavy (non-hydrogen) atoms. The van der Waals surface area contributed by atoms with Crippen LogP contribution in [0.1, 0.15) is 57.8 Å². The average Bonchev–Trinajstić information content (AvgIpc) is 2.95. The Balaban J connectivity index is 0.00000218. The van der Waals surface area contributed by atoms with E-state index in [4.69, 9.17) is 11.5 Å². The van der Waals surface area contributed by atoms with Gasteiger partial charge in [-0.05, 0) is 49.0 Å². The van der Waals surface area contributed by atoms with Crippen molar-refractivity contribution in [1.29, 1.82) is 0 Å². The van der Waals surface area contributed by atoms with Gasteiger partial charge < -0.3 is 16.8 Å².